The third-order valence-corrected chi connectivity index (χ3v) is 3.81. The molecule has 7 heteroatoms. The Kier molecular flexibility index (Phi) is 5.49. The summed E-state index contributed by atoms with van der Waals surface area (Å²) in [6, 6.07) is -0.102. The van der Waals surface area contributed by atoms with E-state index in [2.05, 4.69) is 22.4 Å². The van der Waals surface area contributed by atoms with Crippen molar-refractivity contribution in [3.05, 3.63) is 35.3 Å². The molecule has 114 valence electrons. The van der Waals surface area contributed by atoms with E-state index in [1.807, 2.05) is 5.38 Å². The first-order valence-corrected chi connectivity index (χ1v) is 7.41. The van der Waals surface area contributed by atoms with Gasteiger partial charge in [0, 0.05) is 37.9 Å². The lowest BCUT2D eigenvalue weighted by Gasteiger charge is -2.20. The van der Waals surface area contributed by atoms with Crippen LogP contribution >= 0.6 is 11.3 Å². The number of carbonyl (C=O) groups excluding carboxylic acids is 1. The number of amides is 2. The van der Waals surface area contributed by atoms with Gasteiger partial charge in [0.2, 0.25) is 0 Å². The molecule has 3 heterocycles. The number of hydroxylamine groups is 2. The Balaban J connectivity index is 0.000000497. The largest absolute Gasteiger partial charge is 0.388 e. The van der Waals surface area contributed by atoms with Gasteiger partial charge in [-0.05, 0) is 6.08 Å². The van der Waals surface area contributed by atoms with Crippen LogP contribution < -0.4 is 0 Å². The molecular weight excluding hydrogens is 290 g/mol. The van der Waals surface area contributed by atoms with Gasteiger partial charge in [-0.3, -0.25) is 4.84 Å². The van der Waals surface area contributed by atoms with Crippen LogP contribution in [0.3, 0.4) is 0 Å². The highest BCUT2D eigenvalue weighted by molar-refractivity contribution is 7.10. The van der Waals surface area contributed by atoms with E-state index in [1.165, 1.54) is 5.06 Å². The zero-order valence-electron chi connectivity index (χ0n) is 12.2. The summed E-state index contributed by atoms with van der Waals surface area (Å²) in [5.41, 5.74) is 1.10. The molecule has 0 aromatic carbocycles. The summed E-state index contributed by atoms with van der Waals surface area (Å²) in [4.78, 5) is 23.5. The second kappa shape index (κ2) is 7.35. The third-order valence-electron chi connectivity index (χ3n) is 2.96. The molecule has 1 saturated heterocycles. The molecule has 3 rings (SSSR count). The number of aromatic nitrogens is 1. The molecule has 1 aromatic rings. The van der Waals surface area contributed by atoms with Gasteiger partial charge in [0.25, 0.3) is 0 Å². The Bertz CT molecular complexity index is 516. The first-order valence-electron chi connectivity index (χ1n) is 6.54. The Labute approximate surface area is 128 Å². The smallest absolute Gasteiger partial charge is 0.344 e. The standard InChI is InChI=1S/C12H13N3O2S.C2H6O/c1-2-4-17-15-10-6-9(11-13-3-5-18-11)7-14(8-10)12(15)16;1-3-2/h2-3,5-6,10H,1,4,7-8H2;1-2H3. The van der Waals surface area contributed by atoms with Crippen molar-refractivity contribution in [1.29, 1.82) is 0 Å². The zero-order valence-corrected chi connectivity index (χ0v) is 13.0. The molecule has 0 spiro atoms. The molecule has 2 amide bonds. The molecule has 21 heavy (non-hydrogen) atoms. The number of fused-ring (bicyclic) bond motifs is 2. The average Bonchev–Trinajstić information content (AvgIpc) is 3.08. The van der Waals surface area contributed by atoms with Crippen LogP contribution in [0.4, 0.5) is 4.79 Å². The fraction of sp³-hybridized carbons (Fsp3) is 0.429. The monoisotopic (exact) mass is 309 g/mol. The highest BCUT2D eigenvalue weighted by atomic mass is 32.1. The Hall–Kier alpha value is -1.70. The molecule has 2 aliphatic rings. The molecule has 1 fully saturated rings. The Morgan fingerprint density at radius 2 is 2.33 bits per heavy atom. The molecule has 1 unspecified atom stereocenters. The minimum atomic E-state index is -0.0790. The predicted molar refractivity (Wildman–Crippen MR) is 81.8 cm³/mol. The zero-order chi connectivity index (χ0) is 15.2. The number of rotatable bonds is 4. The van der Waals surface area contributed by atoms with Gasteiger partial charge in [0.15, 0.2) is 0 Å². The van der Waals surface area contributed by atoms with E-state index in [0.29, 0.717) is 19.7 Å². The highest BCUT2D eigenvalue weighted by Crippen LogP contribution is 2.30. The predicted octanol–water partition coefficient (Wildman–Crippen LogP) is 2.03. The topological polar surface area (TPSA) is 54.9 Å². The van der Waals surface area contributed by atoms with Gasteiger partial charge in [-0.2, -0.15) is 5.06 Å². The quantitative estimate of drug-likeness (QED) is 0.799. The SMILES string of the molecule is C=CCON1C(=O)N2CC(c3nccs3)=CC1C2.COC. The molecule has 1 aromatic heterocycles. The summed E-state index contributed by atoms with van der Waals surface area (Å²) in [5.74, 6) is 0. The molecule has 1 atom stereocenters. The molecular formula is C14H19N3O3S. The van der Waals surface area contributed by atoms with Crippen LogP contribution in [0, 0.1) is 0 Å². The first kappa shape index (κ1) is 15.7. The number of methoxy groups -OCH3 is 1. The van der Waals surface area contributed by atoms with Crippen molar-refractivity contribution in [3.63, 3.8) is 0 Å². The number of hydrogen-bond acceptors (Lipinski definition) is 5. The van der Waals surface area contributed by atoms with Crippen LogP contribution in [0.15, 0.2) is 30.3 Å². The van der Waals surface area contributed by atoms with Crippen molar-refractivity contribution < 1.29 is 14.4 Å². The lowest BCUT2D eigenvalue weighted by atomic mass is 10.1. The summed E-state index contributed by atoms with van der Waals surface area (Å²) >= 11 is 1.59. The Morgan fingerprint density at radius 1 is 1.57 bits per heavy atom. The second-order valence-electron chi connectivity index (χ2n) is 4.58. The number of nitrogens with zero attached hydrogens (tertiary/aromatic N) is 3. The minimum Gasteiger partial charge on any atom is -0.388 e. The number of hydrogen-bond donors (Lipinski definition) is 0. The highest BCUT2D eigenvalue weighted by Gasteiger charge is 2.41. The summed E-state index contributed by atoms with van der Waals surface area (Å²) in [6.45, 7) is 5.22. The van der Waals surface area contributed by atoms with Gasteiger partial charge in [0.05, 0.1) is 19.2 Å². The lowest BCUT2D eigenvalue weighted by molar-refractivity contribution is -0.107. The van der Waals surface area contributed by atoms with Gasteiger partial charge >= 0.3 is 6.03 Å². The first-order chi connectivity index (χ1) is 10.2. The van der Waals surface area contributed by atoms with E-state index in [9.17, 15) is 4.79 Å². The number of thiazole rings is 1. The van der Waals surface area contributed by atoms with Crippen molar-refractivity contribution in [2.24, 2.45) is 0 Å². The number of ether oxygens (including phenoxy) is 1. The van der Waals surface area contributed by atoms with E-state index in [0.717, 1.165) is 10.6 Å². The Morgan fingerprint density at radius 3 is 2.95 bits per heavy atom. The lowest BCUT2D eigenvalue weighted by Crippen LogP contribution is -2.33. The van der Waals surface area contributed by atoms with Gasteiger partial charge < -0.3 is 9.64 Å². The van der Waals surface area contributed by atoms with Crippen LogP contribution in [0.5, 0.6) is 0 Å². The normalized spacial score (nSPS) is 20.0. The fourth-order valence-corrected chi connectivity index (χ4v) is 2.86. The van der Waals surface area contributed by atoms with Gasteiger partial charge in [-0.1, -0.05) is 6.08 Å². The van der Waals surface area contributed by atoms with Crippen LogP contribution in [0.2, 0.25) is 0 Å². The summed E-state index contributed by atoms with van der Waals surface area (Å²) in [7, 11) is 3.25. The van der Waals surface area contributed by atoms with Crippen LogP contribution in [0.25, 0.3) is 5.57 Å². The molecule has 0 N–H and O–H groups in total. The summed E-state index contributed by atoms with van der Waals surface area (Å²) < 4.78 is 4.25. The van der Waals surface area contributed by atoms with E-state index >= 15 is 0 Å². The van der Waals surface area contributed by atoms with E-state index in [1.54, 1.807) is 42.7 Å². The molecule has 0 aliphatic carbocycles. The van der Waals surface area contributed by atoms with Crippen molar-refractivity contribution >= 4 is 22.9 Å². The third kappa shape index (κ3) is 3.49. The maximum absolute atomic E-state index is 12.1. The average molecular weight is 309 g/mol. The molecule has 6 nitrogen and oxygen atoms in total. The van der Waals surface area contributed by atoms with E-state index in [4.69, 9.17) is 4.84 Å². The van der Waals surface area contributed by atoms with Crippen LogP contribution in [-0.2, 0) is 9.57 Å². The maximum Gasteiger partial charge on any atom is 0.344 e. The molecule has 2 bridgehead atoms. The number of carbonyl (C=O) groups is 1. The van der Waals surface area contributed by atoms with Crippen molar-refractivity contribution in [3.8, 4) is 0 Å². The second-order valence-corrected chi connectivity index (χ2v) is 5.47. The molecule has 0 saturated carbocycles. The summed E-state index contributed by atoms with van der Waals surface area (Å²) in [6.07, 6.45) is 5.49. The van der Waals surface area contributed by atoms with Crippen molar-refractivity contribution in [2.75, 3.05) is 33.9 Å². The van der Waals surface area contributed by atoms with E-state index < -0.39 is 0 Å². The van der Waals surface area contributed by atoms with Crippen molar-refractivity contribution in [2.45, 2.75) is 6.04 Å². The number of urea groups is 1. The minimum absolute atomic E-state index is 0.0231. The van der Waals surface area contributed by atoms with Crippen LogP contribution in [-0.4, -0.2) is 60.9 Å². The maximum atomic E-state index is 12.1. The summed E-state index contributed by atoms with van der Waals surface area (Å²) in [5, 5.41) is 4.35. The van der Waals surface area contributed by atoms with E-state index in [-0.39, 0.29) is 12.1 Å². The molecule has 0 radical (unpaired) electrons. The fourth-order valence-electron chi connectivity index (χ4n) is 2.21. The van der Waals surface area contributed by atoms with Gasteiger partial charge in [0.1, 0.15) is 5.01 Å². The van der Waals surface area contributed by atoms with Crippen molar-refractivity contribution in [1.82, 2.24) is 14.9 Å². The molecule has 2 aliphatic heterocycles. The van der Waals surface area contributed by atoms with Crippen LogP contribution in [0.1, 0.15) is 5.01 Å². The van der Waals surface area contributed by atoms with Gasteiger partial charge in [-0.25, -0.2) is 9.78 Å². The van der Waals surface area contributed by atoms with Gasteiger partial charge in [-0.15, -0.1) is 17.9 Å².